The van der Waals surface area contributed by atoms with Gasteiger partial charge in [-0.2, -0.15) is 5.26 Å². The smallest absolute Gasteiger partial charge is 0.328 e. The van der Waals surface area contributed by atoms with E-state index in [0.29, 0.717) is 6.54 Å². The molecule has 0 amide bonds. The van der Waals surface area contributed by atoms with E-state index in [1.807, 2.05) is 30.3 Å². The van der Waals surface area contributed by atoms with E-state index in [1.54, 1.807) is 14.0 Å². The highest BCUT2D eigenvalue weighted by molar-refractivity contribution is 5.92. The lowest BCUT2D eigenvalue weighted by Crippen LogP contribution is -3.14. The largest absolute Gasteiger partial charge is 0.497 e. The Kier molecular flexibility index (Phi) is 8.06. The van der Waals surface area contributed by atoms with Gasteiger partial charge >= 0.3 is 5.97 Å². The Labute approximate surface area is 154 Å². The molecule has 7 heteroatoms. The molecule has 2 rings (SSSR count). The first kappa shape index (κ1) is 19.9. The molecule has 140 valence electrons. The number of hydrogen-bond donors (Lipinski definition) is 1. The van der Waals surface area contributed by atoms with Crippen LogP contribution in [0.2, 0.25) is 0 Å². The van der Waals surface area contributed by atoms with Crippen molar-refractivity contribution in [3.63, 3.8) is 0 Å². The van der Waals surface area contributed by atoms with Gasteiger partial charge in [-0.3, -0.25) is 9.79 Å². The first-order valence-electron chi connectivity index (χ1n) is 8.82. The molecule has 1 N–H and O–H groups in total. The van der Waals surface area contributed by atoms with Crippen LogP contribution in [0.1, 0.15) is 18.5 Å². The van der Waals surface area contributed by atoms with E-state index in [9.17, 15) is 4.79 Å². The molecular formula is C19H26N3O4+. The number of carbonyl (C=O) groups excluding carboxylic acids is 1. The first-order chi connectivity index (χ1) is 12.7. The van der Waals surface area contributed by atoms with Crippen LogP contribution < -0.4 is 9.64 Å². The standard InChI is InChI=1S/C19H25N3O4/c1-3-26-19(23)16(12-20)13-21-14-18(22-8-10-25-11-9-22)15-4-6-17(24-2)7-5-15/h4-7,13,16,18H,3,8-11,14H2,1-2H3/p+1/t16-,18-/m0/s1. The van der Waals surface area contributed by atoms with Crippen LogP contribution in [0.4, 0.5) is 0 Å². The minimum atomic E-state index is -0.967. The molecule has 7 nitrogen and oxygen atoms in total. The van der Waals surface area contributed by atoms with Crippen LogP contribution in [0, 0.1) is 17.2 Å². The Morgan fingerprint density at radius 3 is 2.65 bits per heavy atom. The molecule has 0 aliphatic carbocycles. The summed E-state index contributed by atoms with van der Waals surface area (Å²) in [5.74, 6) is -0.718. The van der Waals surface area contributed by atoms with E-state index in [2.05, 4.69) is 4.99 Å². The van der Waals surface area contributed by atoms with Gasteiger partial charge in [0.2, 0.25) is 0 Å². The van der Waals surface area contributed by atoms with Crippen LogP contribution in [0.15, 0.2) is 29.3 Å². The molecule has 1 saturated heterocycles. The van der Waals surface area contributed by atoms with Crippen LogP contribution in [0.3, 0.4) is 0 Å². The summed E-state index contributed by atoms with van der Waals surface area (Å²) in [5.41, 5.74) is 1.14. The predicted molar refractivity (Wildman–Crippen MR) is 96.3 cm³/mol. The molecule has 0 saturated carbocycles. The summed E-state index contributed by atoms with van der Waals surface area (Å²) in [7, 11) is 1.64. The number of carbonyl (C=O) groups is 1. The topological polar surface area (TPSA) is 85.4 Å². The number of nitriles is 1. The number of rotatable bonds is 8. The van der Waals surface area contributed by atoms with E-state index in [4.69, 9.17) is 19.5 Å². The lowest BCUT2D eigenvalue weighted by molar-refractivity contribution is -0.937. The lowest BCUT2D eigenvalue weighted by Gasteiger charge is -2.31. The zero-order chi connectivity index (χ0) is 18.8. The van der Waals surface area contributed by atoms with Crippen LogP contribution in [-0.4, -0.2) is 58.7 Å². The van der Waals surface area contributed by atoms with Crippen molar-refractivity contribution in [2.24, 2.45) is 10.9 Å². The Balaban J connectivity index is 2.11. The second kappa shape index (κ2) is 10.5. The van der Waals surface area contributed by atoms with Crippen molar-refractivity contribution >= 4 is 12.2 Å². The van der Waals surface area contributed by atoms with Crippen molar-refractivity contribution in [1.29, 1.82) is 5.26 Å². The maximum atomic E-state index is 11.7. The molecule has 0 radical (unpaired) electrons. The summed E-state index contributed by atoms with van der Waals surface area (Å²) in [6, 6.07) is 9.99. The SMILES string of the molecule is CCOC(=O)[C@@H](C#N)C=NC[C@@H](c1ccc(OC)cc1)[NH+]1CCOCC1. The molecule has 1 fully saturated rings. The molecule has 1 aliphatic heterocycles. The molecule has 26 heavy (non-hydrogen) atoms. The Morgan fingerprint density at radius 1 is 1.38 bits per heavy atom. The monoisotopic (exact) mass is 360 g/mol. The third-order valence-electron chi connectivity index (χ3n) is 4.37. The van der Waals surface area contributed by atoms with Crippen molar-refractivity contribution in [1.82, 2.24) is 0 Å². The third-order valence-corrected chi connectivity index (χ3v) is 4.37. The molecule has 0 bridgehead atoms. The van der Waals surface area contributed by atoms with Gasteiger partial charge in [0.05, 0.1) is 39.5 Å². The summed E-state index contributed by atoms with van der Waals surface area (Å²) in [6.45, 7) is 5.67. The highest BCUT2D eigenvalue weighted by atomic mass is 16.5. The van der Waals surface area contributed by atoms with E-state index in [0.717, 1.165) is 37.6 Å². The van der Waals surface area contributed by atoms with Crippen LogP contribution >= 0.6 is 0 Å². The lowest BCUT2D eigenvalue weighted by atomic mass is 10.0. The Bertz CT molecular complexity index is 633. The fourth-order valence-corrected chi connectivity index (χ4v) is 2.94. The van der Waals surface area contributed by atoms with Crippen molar-refractivity contribution in [2.45, 2.75) is 13.0 Å². The Morgan fingerprint density at radius 2 is 2.08 bits per heavy atom. The number of benzene rings is 1. The Hall–Kier alpha value is -2.43. The van der Waals surface area contributed by atoms with Gasteiger partial charge in [-0.25, -0.2) is 0 Å². The van der Waals surface area contributed by atoms with E-state index >= 15 is 0 Å². The van der Waals surface area contributed by atoms with E-state index in [1.165, 1.54) is 11.1 Å². The van der Waals surface area contributed by atoms with Gasteiger partial charge in [0, 0.05) is 11.8 Å². The highest BCUT2D eigenvalue weighted by Gasteiger charge is 2.26. The third kappa shape index (κ3) is 5.55. The van der Waals surface area contributed by atoms with Crippen molar-refractivity contribution in [3.05, 3.63) is 29.8 Å². The van der Waals surface area contributed by atoms with E-state index < -0.39 is 11.9 Å². The summed E-state index contributed by atoms with van der Waals surface area (Å²) in [5, 5.41) is 9.13. The minimum Gasteiger partial charge on any atom is -0.497 e. The van der Waals surface area contributed by atoms with Crippen LogP contribution in [0.25, 0.3) is 0 Å². The maximum Gasteiger partial charge on any atom is 0.328 e. The average Bonchev–Trinajstić information content (AvgIpc) is 2.69. The summed E-state index contributed by atoms with van der Waals surface area (Å²) in [4.78, 5) is 17.5. The number of aliphatic imine (C=N–C) groups is 1. The average molecular weight is 360 g/mol. The number of ether oxygens (including phenoxy) is 3. The molecule has 1 heterocycles. The molecule has 0 spiro atoms. The minimum absolute atomic E-state index is 0.127. The molecule has 0 aromatic heterocycles. The summed E-state index contributed by atoms with van der Waals surface area (Å²) < 4.78 is 15.6. The molecule has 2 atom stereocenters. The molecule has 0 unspecified atom stereocenters. The number of hydrogen-bond acceptors (Lipinski definition) is 6. The number of nitrogens with zero attached hydrogens (tertiary/aromatic N) is 2. The number of quaternary nitrogens is 1. The zero-order valence-electron chi connectivity index (χ0n) is 15.3. The van der Waals surface area contributed by atoms with E-state index in [-0.39, 0.29) is 12.6 Å². The van der Waals surface area contributed by atoms with Gasteiger partial charge in [-0.05, 0) is 31.2 Å². The summed E-state index contributed by atoms with van der Waals surface area (Å²) in [6.07, 6.45) is 1.40. The quantitative estimate of drug-likeness (QED) is 0.537. The number of nitrogens with one attached hydrogen (secondary N) is 1. The highest BCUT2D eigenvalue weighted by Crippen LogP contribution is 2.16. The summed E-state index contributed by atoms with van der Waals surface area (Å²) >= 11 is 0. The van der Waals surface area contributed by atoms with Crippen LogP contribution in [0.5, 0.6) is 5.75 Å². The fourth-order valence-electron chi connectivity index (χ4n) is 2.94. The van der Waals surface area contributed by atoms with Crippen molar-refractivity contribution in [2.75, 3.05) is 46.6 Å². The van der Waals surface area contributed by atoms with Gasteiger partial charge in [-0.1, -0.05) is 0 Å². The zero-order valence-corrected chi connectivity index (χ0v) is 15.3. The van der Waals surface area contributed by atoms with Gasteiger partial charge in [0.25, 0.3) is 0 Å². The maximum absolute atomic E-state index is 11.7. The molecule has 1 aromatic carbocycles. The normalized spacial score (nSPS) is 17.4. The second-order valence-electron chi connectivity index (χ2n) is 5.97. The fraction of sp³-hybridized carbons (Fsp3) is 0.526. The molecule has 1 aromatic rings. The van der Waals surface area contributed by atoms with Gasteiger partial charge < -0.3 is 19.1 Å². The number of methoxy groups -OCH3 is 1. The number of morpholine rings is 1. The second-order valence-corrected chi connectivity index (χ2v) is 5.97. The number of esters is 1. The molecule has 1 aliphatic rings. The van der Waals surface area contributed by atoms with Gasteiger partial charge in [-0.15, -0.1) is 0 Å². The van der Waals surface area contributed by atoms with Gasteiger partial charge in [0.15, 0.2) is 5.92 Å². The van der Waals surface area contributed by atoms with Crippen LogP contribution in [-0.2, 0) is 14.3 Å². The van der Waals surface area contributed by atoms with Crippen molar-refractivity contribution < 1.29 is 23.9 Å². The molecular weight excluding hydrogens is 334 g/mol. The van der Waals surface area contributed by atoms with Gasteiger partial charge in [0.1, 0.15) is 24.9 Å². The first-order valence-corrected chi connectivity index (χ1v) is 8.82. The predicted octanol–water partition coefficient (Wildman–Crippen LogP) is 0.425. The van der Waals surface area contributed by atoms with Crippen molar-refractivity contribution in [3.8, 4) is 11.8 Å².